The fourth-order valence-corrected chi connectivity index (χ4v) is 4.70. The Morgan fingerprint density at radius 1 is 0.812 bits per heavy atom. The third-order valence-electron chi connectivity index (χ3n) is 6.48. The Labute approximate surface area is 198 Å². The molecular formula is C29H51NO2. The van der Waals surface area contributed by atoms with Gasteiger partial charge in [-0.3, -0.25) is 4.79 Å². The number of carbonyl (C=O) groups excluding carboxylic acids is 1. The molecular weight excluding hydrogens is 394 g/mol. The number of primary amides is 1. The van der Waals surface area contributed by atoms with E-state index in [1.165, 1.54) is 68.9 Å². The van der Waals surface area contributed by atoms with Gasteiger partial charge in [-0.25, -0.2) is 0 Å². The van der Waals surface area contributed by atoms with Crippen LogP contribution in [0.25, 0.3) is 0 Å². The first-order valence-corrected chi connectivity index (χ1v) is 13.1. The van der Waals surface area contributed by atoms with Gasteiger partial charge in [0.15, 0.2) is 0 Å². The van der Waals surface area contributed by atoms with Crippen LogP contribution in [-0.2, 0) is 28.5 Å². The number of phenols is 1. The van der Waals surface area contributed by atoms with Crippen LogP contribution in [0.15, 0.2) is 6.07 Å². The van der Waals surface area contributed by atoms with Crippen molar-refractivity contribution in [2.75, 3.05) is 0 Å². The molecule has 0 saturated heterocycles. The van der Waals surface area contributed by atoms with Gasteiger partial charge in [-0.15, -0.1) is 0 Å². The zero-order chi connectivity index (χ0) is 24.4. The fraction of sp³-hybridized carbons (Fsp3) is 0.759. The van der Waals surface area contributed by atoms with E-state index in [1.54, 1.807) is 0 Å². The van der Waals surface area contributed by atoms with Crippen LogP contribution < -0.4 is 5.73 Å². The van der Waals surface area contributed by atoms with E-state index < -0.39 is 0 Å². The second-order valence-electron chi connectivity index (χ2n) is 11.7. The number of nitrogens with two attached hydrogens (primary N) is 1. The number of aryl methyl sites for hydroxylation is 1. The minimum absolute atomic E-state index is 0.165. The molecule has 1 amide bonds. The molecule has 0 aliphatic heterocycles. The van der Waals surface area contributed by atoms with Gasteiger partial charge in [-0.1, -0.05) is 112 Å². The molecule has 0 radical (unpaired) electrons. The van der Waals surface area contributed by atoms with Crippen LogP contribution in [0.3, 0.4) is 0 Å². The van der Waals surface area contributed by atoms with Gasteiger partial charge >= 0.3 is 0 Å². The number of hydrogen-bond donors (Lipinski definition) is 2. The van der Waals surface area contributed by atoms with E-state index >= 15 is 0 Å². The van der Waals surface area contributed by atoms with Crippen molar-refractivity contribution in [2.45, 2.75) is 143 Å². The molecule has 3 nitrogen and oxygen atoms in total. The summed E-state index contributed by atoms with van der Waals surface area (Å²) in [6.07, 6.45) is 15.1. The molecule has 0 bridgehead atoms. The number of benzene rings is 1. The molecule has 1 aromatic rings. The Bertz CT molecular complexity index is 707. The van der Waals surface area contributed by atoms with E-state index in [2.05, 4.69) is 54.5 Å². The highest BCUT2D eigenvalue weighted by atomic mass is 16.3. The quantitative estimate of drug-likeness (QED) is 0.286. The van der Waals surface area contributed by atoms with Crippen molar-refractivity contribution >= 4 is 5.91 Å². The summed E-state index contributed by atoms with van der Waals surface area (Å²) in [7, 11) is 0. The van der Waals surface area contributed by atoms with Gasteiger partial charge in [-0.2, -0.15) is 0 Å². The van der Waals surface area contributed by atoms with Crippen molar-refractivity contribution in [1.82, 2.24) is 0 Å². The van der Waals surface area contributed by atoms with Gasteiger partial charge in [0.25, 0.3) is 0 Å². The number of rotatable bonds is 14. The molecule has 0 spiro atoms. The van der Waals surface area contributed by atoms with Gasteiger partial charge in [0.05, 0.1) is 0 Å². The molecule has 0 aliphatic carbocycles. The second-order valence-corrected chi connectivity index (χ2v) is 11.7. The maximum absolute atomic E-state index is 11.5. The number of phenolic OH excluding ortho intramolecular Hbond substituents is 1. The zero-order valence-corrected chi connectivity index (χ0v) is 22.2. The molecule has 0 aliphatic rings. The van der Waals surface area contributed by atoms with Crippen LogP contribution in [-0.4, -0.2) is 11.0 Å². The molecule has 0 aromatic heterocycles. The predicted molar refractivity (Wildman–Crippen MR) is 139 cm³/mol. The maximum Gasteiger partial charge on any atom is 0.217 e. The number of aromatic hydroxyl groups is 1. The van der Waals surface area contributed by atoms with Crippen molar-refractivity contribution in [3.63, 3.8) is 0 Å². The molecule has 3 N–H and O–H groups in total. The summed E-state index contributed by atoms with van der Waals surface area (Å²) in [5.74, 6) is 0.174. The minimum Gasteiger partial charge on any atom is -0.507 e. The summed E-state index contributed by atoms with van der Waals surface area (Å²) in [6.45, 7) is 15.2. The first kappa shape index (κ1) is 28.5. The SMILES string of the molecule is CCCCCCCCCCCCc1c(CCC(N)=O)cc(C(C)(C)C)c(O)c1C(C)(C)C. The Morgan fingerprint density at radius 2 is 1.31 bits per heavy atom. The molecule has 0 fully saturated rings. The molecule has 1 rings (SSSR count). The summed E-state index contributed by atoms with van der Waals surface area (Å²) >= 11 is 0. The van der Waals surface area contributed by atoms with Crippen LogP contribution in [0.2, 0.25) is 0 Å². The van der Waals surface area contributed by atoms with Crippen molar-refractivity contribution in [3.05, 3.63) is 28.3 Å². The molecule has 0 atom stereocenters. The topological polar surface area (TPSA) is 63.3 Å². The normalized spacial score (nSPS) is 12.3. The van der Waals surface area contributed by atoms with Crippen molar-refractivity contribution < 1.29 is 9.90 Å². The summed E-state index contributed by atoms with van der Waals surface area (Å²) in [5.41, 5.74) is 9.60. The highest BCUT2D eigenvalue weighted by Crippen LogP contribution is 2.43. The first-order valence-electron chi connectivity index (χ1n) is 13.1. The van der Waals surface area contributed by atoms with E-state index in [0.717, 1.165) is 24.0 Å². The van der Waals surface area contributed by atoms with E-state index in [-0.39, 0.29) is 16.7 Å². The molecule has 3 heteroatoms. The van der Waals surface area contributed by atoms with E-state index in [1.807, 2.05) is 0 Å². The molecule has 184 valence electrons. The smallest absolute Gasteiger partial charge is 0.217 e. The monoisotopic (exact) mass is 445 g/mol. The summed E-state index contributed by atoms with van der Waals surface area (Å²) in [5, 5.41) is 11.3. The first-order chi connectivity index (χ1) is 14.9. The minimum atomic E-state index is -0.266. The largest absolute Gasteiger partial charge is 0.507 e. The lowest BCUT2D eigenvalue weighted by molar-refractivity contribution is -0.117. The number of hydrogen-bond acceptors (Lipinski definition) is 2. The Kier molecular flexibility index (Phi) is 11.8. The van der Waals surface area contributed by atoms with Crippen LogP contribution >= 0.6 is 0 Å². The van der Waals surface area contributed by atoms with Crippen LogP contribution in [0.1, 0.15) is 141 Å². The Hall–Kier alpha value is -1.51. The van der Waals surface area contributed by atoms with Gasteiger partial charge in [0.1, 0.15) is 5.75 Å². The van der Waals surface area contributed by atoms with Gasteiger partial charge < -0.3 is 10.8 Å². The van der Waals surface area contributed by atoms with Crippen LogP contribution in [0.4, 0.5) is 0 Å². The van der Waals surface area contributed by atoms with Crippen LogP contribution in [0.5, 0.6) is 5.75 Å². The van der Waals surface area contributed by atoms with E-state index in [4.69, 9.17) is 5.73 Å². The van der Waals surface area contributed by atoms with Crippen molar-refractivity contribution in [3.8, 4) is 5.75 Å². The Morgan fingerprint density at radius 3 is 1.75 bits per heavy atom. The van der Waals surface area contributed by atoms with Crippen LogP contribution in [0, 0.1) is 0 Å². The lowest BCUT2D eigenvalue weighted by Crippen LogP contribution is -2.21. The number of amides is 1. The highest BCUT2D eigenvalue weighted by Gasteiger charge is 2.30. The van der Waals surface area contributed by atoms with E-state index in [0.29, 0.717) is 18.6 Å². The number of carbonyl (C=O) groups is 1. The second kappa shape index (κ2) is 13.3. The average Bonchev–Trinajstić information content (AvgIpc) is 2.66. The summed E-state index contributed by atoms with van der Waals surface area (Å²) in [4.78, 5) is 11.5. The van der Waals surface area contributed by atoms with Gasteiger partial charge in [0.2, 0.25) is 5.91 Å². The molecule has 0 heterocycles. The lowest BCUT2D eigenvalue weighted by Gasteiger charge is -2.31. The lowest BCUT2D eigenvalue weighted by atomic mass is 9.74. The van der Waals surface area contributed by atoms with Crippen molar-refractivity contribution in [1.29, 1.82) is 0 Å². The summed E-state index contributed by atoms with van der Waals surface area (Å²) in [6, 6.07) is 2.14. The molecule has 0 saturated carbocycles. The molecule has 1 aromatic carbocycles. The molecule has 32 heavy (non-hydrogen) atoms. The predicted octanol–water partition coefficient (Wildman–Crippen LogP) is 7.87. The van der Waals surface area contributed by atoms with E-state index in [9.17, 15) is 9.90 Å². The van der Waals surface area contributed by atoms with Gasteiger partial charge in [0, 0.05) is 12.0 Å². The zero-order valence-electron chi connectivity index (χ0n) is 22.2. The average molecular weight is 446 g/mol. The fourth-order valence-electron chi connectivity index (χ4n) is 4.70. The third kappa shape index (κ3) is 9.55. The van der Waals surface area contributed by atoms with Gasteiger partial charge in [-0.05, 0) is 46.8 Å². The molecule has 0 unspecified atom stereocenters. The third-order valence-corrected chi connectivity index (χ3v) is 6.48. The Balaban J connectivity index is 2.95. The van der Waals surface area contributed by atoms with Crippen molar-refractivity contribution in [2.24, 2.45) is 5.73 Å². The standard InChI is InChI=1S/C29H51NO2/c1-8-9-10-11-12-13-14-15-16-17-18-23-22(19-20-25(30)31)21-24(28(2,3)4)27(32)26(23)29(5,6)7/h21,32H,8-20H2,1-7H3,(H2,30,31). The number of unbranched alkanes of at least 4 members (excludes halogenated alkanes) is 9. The highest BCUT2D eigenvalue weighted by molar-refractivity contribution is 5.74. The summed E-state index contributed by atoms with van der Waals surface area (Å²) < 4.78 is 0. The maximum atomic E-state index is 11.5.